The van der Waals surface area contributed by atoms with Crippen molar-refractivity contribution in [2.75, 3.05) is 13.7 Å². The maximum atomic E-state index is 11.6. The Bertz CT molecular complexity index is 512. The molecular formula is C14H15NO3. The number of carbonyl (C=O) groups excluding carboxylic acids is 1. The highest BCUT2D eigenvalue weighted by Crippen LogP contribution is 2.27. The number of hydrogen-bond acceptors (Lipinski definition) is 4. The minimum atomic E-state index is -0.608. The predicted octanol–water partition coefficient (Wildman–Crippen LogP) is 2.56. The van der Waals surface area contributed by atoms with Gasteiger partial charge in [-0.05, 0) is 25.5 Å². The largest absolute Gasteiger partial charge is 0.496 e. The molecule has 0 aromatic heterocycles. The molecule has 1 rings (SSSR count). The van der Waals surface area contributed by atoms with Crippen molar-refractivity contribution in [1.82, 2.24) is 0 Å². The van der Waals surface area contributed by atoms with Gasteiger partial charge in [0.1, 0.15) is 17.4 Å². The summed E-state index contributed by atoms with van der Waals surface area (Å²) in [7, 11) is 1.54. The molecule has 0 fully saturated rings. The lowest BCUT2D eigenvalue weighted by Gasteiger charge is -2.10. The van der Waals surface area contributed by atoms with Crippen molar-refractivity contribution in [1.29, 1.82) is 5.26 Å². The number of nitrogens with zero attached hydrogens (tertiary/aromatic N) is 1. The van der Waals surface area contributed by atoms with Crippen molar-refractivity contribution in [3.63, 3.8) is 0 Å². The maximum absolute atomic E-state index is 11.6. The van der Waals surface area contributed by atoms with Crippen LogP contribution in [0.1, 0.15) is 19.4 Å². The van der Waals surface area contributed by atoms with Crippen LogP contribution in [0.15, 0.2) is 29.8 Å². The van der Waals surface area contributed by atoms with E-state index in [0.29, 0.717) is 16.9 Å². The first-order valence-electron chi connectivity index (χ1n) is 5.57. The summed E-state index contributed by atoms with van der Waals surface area (Å²) in [5.41, 5.74) is 1.26. The molecule has 0 heterocycles. The molecule has 0 unspecified atom stereocenters. The first-order chi connectivity index (χ1) is 8.65. The Kier molecular flexibility index (Phi) is 4.94. The fourth-order valence-corrected chi connectivity index (χ4v) is 1.57. The third kappa shape index (κ3) is 2.89. The average molecular weight is 245 g/mol. The average Bonchev–Trinajstić information content (AvgIpc) is 2.39. The van der Waals surface area contributed by atoms with Gasteiger partial charge < -0.3 is 9.47 Å². The van der Waals surface area contributed by atoms with E-state index in [-0.39, 0.29) is 12.2 Å². The zero-order chi connectivity index (χ0) is 13.5. The summed E-state index contributed by atoms with van der Waals surface area (Å²) in [6.45, 7) is 3.64. The van der Waals surface area contributed by atoms with Crippen molar-refractivity contribution < 1.29 is 14.3 Å². The zero-order valence-electron chi connectivity index (χ0n) is 10.7. The van der Waals surface area contributed by atoms with Gasteiger partial charge in [-0.15, -0.1) is 0 Å². The Morgan fingerprint density at radius 1 is 1.39 bits per heavy atom. The molecule has 0 aliphatic heterocycles. The topological polar surface area (TPSA) is 59.3 Å². The van der Waals surface area contributed by atoms with E-state index >= 15 is 0 Å². The molecular weight excluding hydrogens is 230 g/mol. The van der Waals surface area contributed by atoms with Gasteiger partial charge in [0.15, 0.2) is 0 Å². The number of para-hydroxylation sites is 1. The van der Waals surface area contributed by atoms with E-state index in [0.717, 1.165) is 0 Å². The van der Waals surface area contributed by atoms with Gasteiger partial charge >= 0.3 is 5.97 Å². The van der Waals surface area contributed by atoms with Crippen LogP contribution < -0.4 is 4.74 Å². The van der Waals surface area contributed by atoms with Crippen LogP contribution in [0, 0.1) is 11.3 Å². The van der Waals surface area contributed by atoms with E-state index in [4.69, 9.17) is 14.7 Å². The van der Waals surface area contributed by atoms with Crippen LogP contribution in [0.25, 0.3) is 5.57 Å². The van der Waals surface area contributed by atoms with Crippen LogP contribution in [-0.2, 0) is 9.53 Å². The molecule has 4 heteroatoms. The summed E-state index contributed by atoms with van der Waals surface area (Å²) in [6, 6.07) is 9.11. The van der Waals surface area contributed by atoms with Crippen molar-refractivity contribution in [2.45, 2.75) is 13.8 Å². The highest BCUT2D eigenvalue weighted by atomic mass is 16.5. The second-order valence-corrected chi connectivity index (χ2v) is 3.53. The minimum absolute atomic E-state index is 0.00125. The number of ether oxygens (including phenoxy) is 2. The van der Waals surface area contributed by atoms with Crippen molar-refractivity contribution in [2.24, 2.45) is 0 Å². The SMILES string of the molecule is CCOC(=O)/C(C#N)=C(/C)c1ccccc1OC. The van der Waals surface area contributed by atoms with Crippen LogP contribution in [0.5, 0.6) is 5.75 Å². The van der Waals surface area contributed by atoms with Crippen LogP contribution in [0.4, 0.5) is 0 Å². The Balaban J connectivity index is 3.28. The first kappa shape index (κ1) is 13.8. The molecule has 0 bridgehead atoms. The molecule has 0 saturated heterocycles. The fourth-order valence-electron chi connectivity index (χ4n) is 1.57. The summed E-state index contributed by atoms with van der Waals surface area (Å²) in [5.74, 6) is 0.00968. The number of hydrogen-bond donors (Lipinski definition) is 0. The third-order valence-electron chi connectivity index (χ3n) is 2.48. The number of carbonyl (C=O) groups is 1. The van der Waals surface area contributed by atoms with E-state index in [9.17, 15) is 4.79 Å². The van der Waals surface area contributed by atoms with Gasteiger partial charge in [-0.3, -0.25) is 0 Å². The normalized spacial score (nSPS) is 11.2. The molecule has 1 aromatic carbocycles. The minimum Gasteiger partial charge on any atom is -0.496 e. The molecule has 0 amide bonds. The number of allylic oxidation sites excluding steroid dienone is 1. The van der Waals surface area contributed by atoms with Crippen molar-refractivity contribution >= 4 is 11.5 Å². The summed E-state index contributed by atoms with van der Waals surface area (Å²) < 4.78 is 10.1. The molecule has 18 heavy (non-hydrogen) atoms. The van der Waals surface area contributed by atoms with Crippen molar-refractivity contribution in [3.05, 3.63) is 35.4 Å². The molecule has 0 spiro atoms. The lowest BCUT2D eigenvalue weighted by molar-refractivity contribution is -0.137. The summed E-state index contributed by atoms with van der Waals surface area (Å²) in [6.07, 6.45) is 0. The number of methoxy groups -OCH3 is 1. The summed E-state index contributed by atoms with van der Waals surface area (Å²) in [5, 5.41) is 9.07. The van der Waals surface area contributed by atoms with E-state index in [1.165, 1.54) is 0 Å². The van der Waals surface area contributed by atoms with E-state index in [1.807, 2.05) is 18.2 Å². The highest BCUT2D eigenvalue weighted by Gasteiger charge is 2.16. The quantitative estimate of drug-likeness (QED) is 0.464. The lowest BCUT2D eigenvalue weighted by Crippen LogP contribution is -2.08. The molecule has 0 aliphatic rings. The molecule has 0 radical (unpaired) electrons. The van der Waals surface area contributed by atoms with Crippen LogP contribution in [0.2, 0.25) is 0 Å². The Morgan fingerprint density at radius 3 is 2.61 bits per heavy atom. The highest BCUT2D eigenvalue weighted by molar-refractivity contribution is 6.01. The first-order valence-corrected chi connectivity index (χ1v) is 5.57. The number of rotatable bonds is 4. The lowest BCUT2D eigenvalue weighted by atomic mass is 10.0. The van der Waals surface area contributed by atoms with Gasteiger partial charge in [0.05, 0.1) is 13.7 Å². The molecule has 0 aliphatic carbocycles. The van der Waals surface area contributed by atoms with E-state index in [2.05, 4.69) is 0 Å². The fraction of sp³-hybridized carbons (Fsp3) is 0.286. The standard InChI is InChI=1S/C14H15NO3/c1-4-18-14(16)12(9-15)10(2)11-7-5-6-8-13(11)17-3/h5-8H,4H2,1-3H3/b12-10-. The number of benzene rings is 1. The second-order valence-electron chi connectivity index (χ2n) is 3.53. The van der Waals surface area contributed by atoms with Crippen LogP contribution >= 0.6 is 0 Å². The maximum Gasteiger partial charge on any atom is 0.349 e. The second kappa shape index (κ2) is 6.45. The molecule has 0 atom stereocenters. The van der Waals surface area contributed by atoms with E-state index < -0.39 is 5.97 Å². The van der Waals surface area contributed by atoms with Gasteiger partial charge in [0.25, 0.3) is 0 Å². The molecule has 1 aromatic rings. The number of esters is 1. The molecule has 0 N–H and O–H groups in total. The Morgan fingerprint density at radius 2 is 2.06 bits per heavy atom. The van der Waals surface area contributed by atoms with E-state index in [1.54, 1.807) is 33.1 Å². The van der Waals surface area contributed by atoms with Gasteiger partial charge in [0, 0.05) is 5.56 Å². The summed E-state index contributed by atoms with van der Waals surface area (Å²) >= 11 is 0. The molecule has 0 saturated carbocycles. The Hall–Kier alpha value is -2.28. The van der Waals surface area contributed by atoms with Crippen molar-refractivity contribution in [3.8, 4) is 11.8 Å². The van der Waals surface area contributed by atoms with Gasteiger partial charge in [-0.25, -0.2) is 4.79 Å². The zero-order valence-corrected chi connectivity index (χ0v) is 10.7. The third-order valence-corrected chi connectivity index (χ3v) is 2.48. The van der Waals surface area contributed by atoms with Gasteiger partial charge in [0.2, 0.25) is 0 Å². The van der Waals surface area contributed by atoms with Gasteiger partial charge in [-0.2, -0.15) is 5.26 Å². The van der Waals surface area contributed by atoms with Crippen LogP contribution in [-0.4, -0.2) is 19.7 Å². The van der Waals surface area contributed by atoms with Gasteiger partial charge in [-0.1, -0.05) is 18.2 Å². The Labute approximate surface area is 106 Å². The van der Waals surface area contributed by atoms with Crippen LogP contribution in [0.3, 0.4) is 0 Å². The molecule has 94 valence electrons. The summed E-state index contributed by atoms with van der Waals surface area (Å²) in [4.78, 5) is 11.6. The smallest absolute Gasteiger partial charge is 0.349 e. The monoisotopic (exact) mass is 245 g/mol. The predicted molar refractivity (Wildman–Crippen MR) is 67.8 cm³/mol. The molecule has 4 nitrogen and oxygen atoms in total. The number of nitriles is 1.